The van der Waals surface area contributed by atoms with Gasteiger partial charge in [0, 0.05) is 36.6 Å². The van der Waals surface area contributed by atoms with Gasteiger partial charge in [-0.3, -0.25) is 4.79 Å². The normalized spacial score (nSPS) is 15.4. The minimum atomic E-state index is -0.231. The fourth-order valence-electron chi connectivity index (χ4n) is 3.02. The summed E-state index contributed by atoms with van der Waals surface area (Å²) in [6, 6.07) is 10.0. The number of aromatic nitrogens is 2. The van der Waals surface area contributed by atoms with Crippen molar-refractivity contribution in [3.63, 3.8) is 0 Å². The SMILES string of the molecule is CCC(C)Nc1cc(C(=O)Nc2ccc(N3CCCCC3)cc2)ncn1. The fraction of sp³-hybridized carbons (Fsp3) is 0.450. The largest absolute Gasteiger partial charge is 0.372 e. The van der Waals surface area contributed by atoms with Gasteiger partial charge in [-0.25, -0.2) is 9.97 Å². The second kappa shape index (κ2) is 8.65. The zero-order valence-electron chi connectivity index (χ0n) is 15.5. The van der Waals surface area contributed by atoms with Crippen LogP contribution >= 0.6 is 0 Å². The molecule has 1 fully saturated rings. The average molecular weight is 353 g/mol. The number of carbonyl (C=O) groups excluding carboxylic acids is 1. The number of benzene rings is 1. The first-order valence-electron chi connectivity index (χ1n) is 9.40. The molecule has 0 bridgehead atoms. The smallest absolute Gasteiger partial charge is 0.274 e. The molecule has 2 heterocycles. The minimum absolute atomic E-state index is 0.231. The van der Waals surface area contributed by atoms with Gasteiger partial charge in [0.1, 0.15) is 17.8 Å². The Morgan fingerprint density at radius 2 is 1.88 bits per heavy atom. The lowest BCUT2D eigenvalue weighted by atomic mass is 10.1. The van der Waals surface area contributed by atoms with E-state index in [1.165, 1.54) is 31.3 Å². The molecule has 1 amide bonds. The first kappa shape index (κ1) is 18.2. The first-order valence-corrected chi connectivity index (χ1v) is 9.40. The monoisotopic (exact) mass is 353 g/mol. The third kappa shape index (κ3) is 4.71. The van der Waals surface area contributed by atoms with E-state index in [9.17, 15) is 4.79 Å². The van der Waals surface area contributed by atoms with Gasteiger partial charge in [0.05, 0.1) is 0 Å². The lowest BCUT2D eigenvalue weighted by molar-refractivity contribution is 0.102. The van der Waals surface area contributed by atoms with Crippen LogP contribution in [0.2, 0.25) is 0 Å². The number of nitrogens with one attached hydrogen (secondary N) is 2. The lowest BCUT2D eigenvalue weighted by Crippen LogP contribution is -2.29. The number of hydrogen-bond acceptors (Lipinski definition) is 5. The molecule has 0 saturated carbocycles. The van der Waals surface area contributed by atoms with Crippen molar-refractivity contribution in [3.8, 4) is 0 Å². The van der Waals surface area contributed by atoms with Crippen LogP contribution in [-0.4, -0.2) is 35.0 Å². The molecule has 1 aromatic carbocycles. The van der Waals surface area contributed by atoms with Gasteiger partial charge in [-0.1, -0.05) is 6.92 Å². The van der Waals surface area contributed by atoms with E-state index in [0.29, 0.717) is 17.6 Å². The van der Waals surface area contributed by atoms with E-state index in [-0.39, 0.29) is 5.91 Å². The Morgan fingerprint density at radius 1 is 1.15 bits per heavy atom. The van der Waals surface area contributed by atoms with Gasteiger partial charge in [-0.05, 0) is 56.9 Å². The maximum atomic E-state index is 12.5. The van der Waals surface area contributed by atoms with Crippen molar-refractivity contribution in [1.29, 1.82) is 0 Å². The molecule has 1 atom stereocenters. The van der Waals surface area contributed by atoms with Crippen LogP contribution in [-0.2, 0) is 0 Å². The zero-order chi connectivity index (χ0) is 18.4. The standard InChI is InChI=1S/C20H27N5O/c1-3-15(2)23-19-13-18(21-14-22-19)20(26)24-16-7-9-17(10-8-16)25-11-5-4-6-12-25/h7-10,13-15H,3-6,11-12H2,1-2H3,(H,24,26)(H,21,22,23). The van der Waals surface area contributed by atoms with Gasteiger partial charge < -0.3 is 15.5 Å². The number of hydrogen-bond donors (Lipinski definition) is 2. The first-order chi connectivity index (χ1) is 12.7. The van der Waals surface area contributed by atoms with E-state index < -0.39 is 0 Å². The summed E-state index contributed by atoms with van der Waals surface area (Å²) >= 11 is 0. The number of nitrogens with zero attached hydrogens (tertiary/aromatic N) is 3. The quantitative estimate of drug-likeness (QED) is 0.823. The summed E-state index contributed by atoms with van der Waals surface area (Å²) in [5, 5.41) is 6.17. The summed E-state index contributed by atoms with van der Waals surface area (Å²) in [5.74, 6) is 0.435. The van der Waals surface area contributed by atoms with Crippen molar-refractivity contribution in [2.45, 2.75) is 45.6 Å². The third-order valence-electron chi connectivity index (χ3n) is 4.75. The summed E-state index contributed by atoms with van der Waals surface area (Å²) in [5.41, 5.74) is 2.33. The number of rotatable bonds is 6. The third-order valence-corrected chi connectivity index (χ3v) is 4.75. The van der Waals surface area contributed by atoms with Crippen LogP contribution in [0.3, 0.4) is 0 Å². The highest BCUT2D eigenvalue weighted by atomic mass is 16.1. The molecule has 3 rings (SSSR count). The molecule has 1 aliphatic heterocycles. The van der Waals surface area contributed by atoms with Crippen LogP contribution < -0.4 is 15.5 Å². The molecular weight excluding hydrogens is 326 g/mol. The van der Waals surface area contributed by atoms with Gasteiger partial charge in [0.15, 0.2) is 0 Å². The Balaban J connectivity index is 1.63. The van der Waals surface area contributed by atoms with Crippen molar-refractivity contribution in [2.75, 3.05) is 28.6 Å². The highest BCUT2D eigenvalue weighted by Gasteiger charge is 2.12. The Labute approximate surface area is 155 Å². The van der Waals surface area contributed by atoms with Crippen LogP contribution in [0.4, 0.5) is 17.2 Å². The van der Waals surface area contributed by atoms with E-state index >= 15 is 0 Å². The molecular formula is C20H27N5O. The van der Waals surface area contributed by atoms with E-state index in [1.54, 1.807) is 6.07 Å². The van der Waals surface area contributed by atoms with Crippen LogP contribution in [0.25, 0.3) is 0 Å². The molecule has 138 valence electrons. The van der Waals surface area contributed by atoms with Crippen LogP contribution in [0.15, 0.2) is 36.7 Å². The van der Waals surface area contributed by atoms with Gasteiger partial charge in [0.2, 0.25) is 0 Å². The Kier molecular flexibility index (Phi) is 6.04. The maximum absolute atomic E-state index is 12.5. The second-order valence-corrected chi connectivity index (χ2v) is 6.79. The van der Waals surface area contributed by atoms with E-state index in [1.807, 2.05) is 12.1 Å². The molecule has 1 saturated heterocycles. The summed E-state index contributed by atoms with van der Waals surface area (Å²) in [6.45, 7) is 6.39. The summed E-state index contributed by atoms with van der Waals surface area (Å²) in [4.78, 5) is 23.1. The van der Waals surface area contributed by atoms with Crippen molar-refractivity contribution < 1.29 is 4.79 Å². The van der Waals surface area contributed by atoms with Crippen molar-refractivity contribution in [2.24, 2.45) is 0 Å². The van der Waals surface area contributed by atoms with Gasteiger partial charge >= 0.3 is 0 Å². The van der Waals surface area contributed by atoms with Crippen LogP contribution in [0.5, 0.6) is 0 Å². The van der Waals surface area contributed by atoms with Gasteiger partial charge in [0.25, 0.3) is 5.91 Å². The zero-order valence-corrected chi connectivity index (χ0v) is 15.5. The molecule has 2 aromatic rings. The van der Waals surface area contributed by atoms with Crippen molar-refractivity contribution in [1.82, 2.24) is 9.97 Å². The van der Waals surface area contributed by atoms with E-state index in [2.05, 4.69) is 51.5 Å². The van der Waals surface area contributed by atoms with E-state index in [4.69, 9.17) is 0 Å². The van der Waals surface area contributed by atoms with Crippen molar-refractivity contribution >= 4 is 23.1 Å². The van der Waals surface area contributed by atoms with Crippen molar-refractivity contribution in [3.05, 3.63) is 42.4 Å². The highest BCUT2D eigenvalue weighted by Crippen LogP contribution is 2.22. The number of piperidine rings is 1. The lowest BCUT2D eigenvalue weighted by Gasteiger charge is -2.28. The molecule has 6 nitrogen and oxygen atoms in total. The Morgan fingerprint density at radius 3 is 2.58 bits per heavy atom. The van der Waals surface area contributed by atoms with E-state index in [0.717, 1.165) is 25.2 Å². The summed E-state index contributed by atoms with van der Waals surface area (Å²) < 4.78 is 0. The molecule has 2 N–H and O–H groups in total. The maximum Gasteiger partial charge on any atom is 0.274 e. The molecule has 1 aliphatic rings. The molecule has 1 unspecified atom stereocenters. The fourth-order valence-corrected chi connectivity index (χ4v) is 3.02. The second-order valence-electron chi connectivity index (χ2n) is 6.79. The summed E-state index contributed by atoms with van der Waals surface area (Å²) in [6.07, 6.45) is 6.21. The van der Waals surface area contributed by atoms with Gasteiger partial charge in [-0.15, -0.1) is 0 Å². The Hall–Kier alpha value is -2.63. The highest BCUT2D eigenvalue weighted by molar-refractivity contribution is 6.03. The molecule has 1 aromatic heterocycles. The van der Waals surface area contributed by atoms with Gasteiger partial charge in [-0.2, -0.15) is 0 Å². The molecule has 0 aliphatic carbocycles. The molecule has 0 radical (unpaired) electrons. The topological polar surface area (TPSA) is 70.2 Å². The molecule has 26 heavy (non-hydrogen) atoms. The van der Waals surface area contributed by atoms with Crippen LogP contribution in [0.1, 0.15) is 50.0 Å². The number of amides is 1. The minimum Gasteiger partial charge on any atom is -0.372 e. The predicted octanol–water partition coefficient (Wildman–Crippen LogP) is 3.93. The average Bonchev–Trinajstić information content (AvgIpc) is 2.69. The number of carbonyl (C=O) groups is 1. The number of anilines is 3. The Bertz CT molecular complexity index is 725. The summed E-state index contributed by atoms with van der Waals surface area (Å²) in [7, 11) is 0. The van der Waals surface area contributed by atoms with Crippen LogP contribution in [0, 0.1) is 0 Å². The molecule has 0 spiro atoms. The molecule has 6 heteroatoms. The predicted molar refractivity (Wildman–Crippen MR) is 106 cm³/mol.